The molecule has 0 fully saturated rings. The fourth-order valence-electron chi connectivity index (χ4n) is 3.50. The average molecular weight is 383 g/mol. The maximum absolute atomic E-state index is 13.2. The third-order valence-electron chi connectivity index (χ3n) is 5.00. The SMILES string of the molecule is CCOC(=O)C(C(=O)c1ccc(OC)cc1)C(CN)c1ccc2c(c1)OCC2. The van der Waals surface area contributed by atoms with Crippen LogP contribution in [-0.2, 0) is 16.0 Å². The molecule has 2 unspecified atom stereocenters. The maximum atomic E-state index is 13.2. The number of fused-ring (bicyclic) bond motifs is 1. The molecule has 2 aromatic carbocycles. The summed E-state index contributed by atoms with van der Waals surface area (Å²) in [5.41, 5.74) is 8.35. The largest absolute Gasteiger partial charge is 0.497 e. The molecule has 0 saturated heterocycles. The smallest absolute Gasteiger partial charge is 0.317 e. The van der Waals surface area contributed by atoms with Crippen LogP contribution in [0, 0.1) is 5.92 Å². The molecule has 6 nitrogen and oxygen atoms in total. The van der Waals surface area contributed by atoms with Crippen LogP contribution in [0.4, 0.5) is 0 Å². The van der Waals surface area contributed by atoms with E-state index in [2.05, 4.69) is 0 Å². The lowest BCUT2D eigenvalue weighted by Crippen LogP contribution is -2.35. The van der Waals surface area contributed by atoms with Gasteiger partial charge in [0, 0.05) is 24.4 Å². The second-order valence-electron chi connectivity index (χ2n) is 6.63. The van der Waals surface area contributed by atoms with Crippen molar-refractivity contribution in [3.63, 3.8) is 0 Å². The molecule has 0 spiro atoms. The first-order valence-electron chi connectivity index (χ1n) is 9.39. The Bertz CT molecular complexity index is 847. The van der Waals surface area contributed by atoms with Crippen LogP contribution >= 0.6 is 0 Å². The predicted octanol–water partition coefficient (Wildman–Crippen LogP) is 2.73. The molecule has 6 heteroatoms. The summed E-state index contributed by atoms with van der Waals surface area (Å²) in [5.74, 6) is -1.01. The lowest BCUT2D eigenvalue weighted by atomic mass is 9.80. The van der Waals surface area contributed by atoms with Crippen molar-refractivity contribution >= 4 is 11.8 Å². The number of carbonyl (C=O) groups excluding carboxylic acids is 2. The van der Waals surface area contributed by atoms with Gasteiger partial charge in [0.2, 0.25) is 0 Å². The van der Waals surface area contributed by atoms with E-state index in [-0.39, 0.29) is 18.9 Å². The van der Waals surface area contributed by atoms with Crippen LogP contribution in [0.3, 0.4) is 0 Å². The van der Waals surface area contributed by atoms with Crippen LogP contribution in [0.1, 0.15) is 34.3 Å². The molecule has 3 rings (SSSR count). The van der Waals surface area contributed by atoms with E-state index in [1.165, 1.54) is 0 Å². The lowest BCUT2D eigenvalue weighted by Gasteiger charge is -2.24. The molecule has 0 amide bonds. The fourth-order valence-corrected chi connectivity index (χ4v) is 3.50. The van der Waals surface area contributed by atoms with Gasteiger partial charge in [-0.2, -0.15) is 0 Å². The van der Waals surface area contributed by atoms with Crippen LogP contribution in [0.2, 0.25) is 0 Å². The normalized spacial score (nSPS) is 14.5. The highest BCUT2D eigenvalue weighted by Crippen LogP contribution is 2.34. The highest BCUT2D eigenvalue weighted by Gasteiger charge is 2.37. The first kappa shape index (κ1) is 19.9. The van der Waals surface area contributed by atoms with Crippen LogP contribution in [0.25, 0.3) is 0 Å². The average Bonchev–Trinajstić information content (AvgIpc) is 3.19. The number of nitrogens with two attached hydrogens (primary N) is 1. The summed E-state index contributed by atoms with van der Waals surface area (Å²) in [6.07, 6.45) is 0.856. The Morgan fingerprint density at radius 3 is 2.57 bits per heavy atom. The number of Topliss-reactive ketones (excluding diaryl/α,β-unsaturated/α-hetero) is 1. The van der Waals surface area contributed by atoms with Crippen molar-refractivity contribution in [2.24, 2.45) is 11.7 Å². The number of ketones is 1. The van der Waals surface area contributed by atoms with E-state index in [1.807, 2.05) is 18.2 Å². The summed E-state index contributed by atoms with van der Waals surface area (Å²) in [6, 6.07) is 12.4. The molecule has 0 radical (unpaired) electrons. The van der Waals surface area contributed by atoms with Crippen molar-refractivity contribution in [1.29, 1.82) is 0 Å². The van der Waals surface area contributed by atoms with Gasteiger partial charge in [0.25, 0.3) is 0 Å². The fraction of sp³-hybridized carbons (Fsp3) is 0.364. The monoisotopic (exact) mass is 383 g/mol. The number of rotatable bonds is 8. The second-order valence-corrected chi connectivity index (χ2v) is 6.63. The Balaban J connectivity index is 1.97. The molecule has 1 heterocycles. The number of hydrogen-bond donors (Lipinski definition) is 1. The van der Waals surface area contributed by atoms with Gasteiger partial charge in [-0.15, -0.1) is 0 Å². The van der Waals surface area contributed by atoms with Crippen molar-refractivity contribution in [2.75, 3.05) is 26.9 Å². The molecule has 28 heavy (non-hydrogen) atoms. The van der Waals surface area contributed by atoms with Gasteiger partial charge in [-0.05, 0) is 48.4 Å². The van der Waals surface area contributed by atoms with Crippen LogP contribution in [0.5, 0.6) is 11.5 Å². The number of benzene rings is 2. The zero-order valence-corrected chi connectivity index (χ0v) is 16.1. The van der Waals surface area contributed by atoms with Gasteiger partial charge in [-0.25, -0.2) is 0 Å². The molecule has 2 N–H and O–H groups in total. The van der Waals surface area contributed by atoms with E-state index >= 15 is 0 Å². The van der Waals surface area contributed by atoms with Crippen molar-refractivity contribution in [3.8, 4) is 11.5 Å². The summed E-state index contributed by atoms with van der Waals surface area (Å²) in [6.45, 7) is 2.67. The van der Waals surface area contributed by atoms with Crippen LogP contribution < -0.4 is 15.2 Å². The van der Waals surface area contributed by atoms with E-state index in [0.717, 1.165) is 23.3 Å². The van der Waals surface area contributed by atoms with Gasteiger partial charge in [0.15, 0.2) is 5.78 Å². The van der Waals surface area contributed by atoms with Crippen LogP contribution in [0.15, 0.2) is 42.5 Å². The predicted molar refractivity (Wildman–Crippen MR) is 105 cm³/mol. The van der Waals surface area contributed by atoms with E-state index in [4.69, 9.17) is 19.9 Å². The third-order valence-corrected chi connectivity index (χ3v) is 5.00. The zero-order chi connectivity index (χ0) is 20.1. The quantitative estimate of drug-likeness (QED) is 0.428. The Labute approximate surface area is 164 Å². The minimum Gasteiger partial charge on any atom is -0.497 e. The van der Waals surface area contributed by atoms with Crippen molar-refractivity contribution in [2.45, 2.75) is 19.3 Å². The highest BCUT2D eigenvalue weighted by atomic mass is 16.5. The molecule has 0 saturated carbocycles. The molecular formula is C22H25NO5. The maximum Gasteiger partial charge on any atom is 0.317 e. The summed E-state index contributed by atoms with van der Waals surface area (Å²) in [4.78, 5) is 26.0. The van der Waals surface area contributed by atoms with Gasteiger partial charge >= 0.3 is 5.97 Å². The standard InChI is InChI=1S/C22H25NO5/c1-3-27-22(25)20(21(24)15-6-8-17(26-2)9-7-15)18(13-23)16-5-4-14-10-11-28-19(14)12-16/h4-9,12,18,20H,3,10-11,13,23H2,1-2H3. The molecular weight excluding hydrogens is 358 g/mol. The molecule has 148 valence electrons. The van der Waals surface area contributed by atoms with Gasteiger partial charge in [0.1, 0.15) is 17.4 Å². The molecule has 2 atom stereocenters. The summed E-state index contributed by atoms with van der Waals surface area (Å²) >= 11 is 0. The van der Waals surface area contributed by atoms with Gasteiger partial charge in [-0.3, -0.25) is 9.59 Å². The zero-order valence-electron chi connectivity index (χ0n) is 16.1. The first-order valence-corrected chi connectivity index (χ1v) is 9.39. The van der Waals surface area contributed by atoms with Crippen LogP contribution in [-0.4, -0.2) is 38.6 Å². The number of methoxy groups -OCH3 is 1. The molecule has 0 aromatic heterocycles. The number of hydrogen-bond acceptors (Lipinski definition) is 6. The minimum absolute atomic E-state index is 0.129. The van der Waals surface area contributed by atoms with E-state index in [9.17, 15) is 9.59 Å². The van der Waals surface area contributed by atoms with Crippen molar-refractivity contribution < 1.29 is 23.8 Å². The number of ether oxygens (including phenoxy) is 3. The first-order chi connectivity index (χ1) is 13.6. The number of carbonyl (C=O) groups is 2. The topological polar surface area (TPSA) is 87.9 Å². The second kappa shape index (κ2) is 8.89. The van der Waals surface area contributed by atoms with E-state index < -0.39 is 17.8 Å². The van der Waals surface area contributed by atoms with E-state index in [0.29, 0.717) is 17.9 Å². The third kappa shape index (κ3) is 4.02. The Morgan fingerprint density at radius 2 is 1.93 bits per heavy atom. The lowest BCUT2D eigenvalue weighted by molar-refractivity contribution is -0.146. The molecule has 1 aliphatic heterocycles. The molecule has 2 aromatic rings. The van der Waals surface area contributed by atoms with Crippen molar-refractivity contribution in [1.82, 2.24) is 0 Å². The molecule has 0 bridgehead atoms. The molecule has 0 aliphatic carbocycles. The van der Waals surface area contributed by atoms with Crippen molar-refractivity contribution in [3.05, 3.63) is 59.2 Å². The van der Waals surface area contributed by atoms with E-state index in [1.54, 1.807) is 38.3 Å². The summed E-state index contributed by atoms with van der Waals surface area (Å²) < 4.78 is 16.0. The van der Waals surface area contributed by atoms with Gasteiger partial charge < -0.3 is 19.9 Å². The Kier molecular flexibility index (Phi) is 6.31. The molecule has 1 aliphatic rings. The Morgan fingerprint density at radius 1 is 1.18 bits per heavy atom. The summed E-state index contributed by atoms with van der Waals surface area (Å²) in [5, 5.41) is 0. The highest BCUT2D eigenvalue weighted by molar-refractivity contribution is 6.09. The van der Waals surface area contributed by atoms with Gasteiger partial charge in [0.05, 0.1) is 20.3 Å². The number of esters is 1. The minimum atomic E-state index is -1.03. The van der Waals surface area contributed by atoms with Gasteiger partial charge in [-0.1, -0.05) is 12.1 Å². The summed E-state index contributed by atoms with van der Waals surface area (Å²) in [7, 11) is 1.55. The Hall–Kier alpha value is -2.86.